The van der Waals surface area contributed by atoms with E-state index in [1.54, 1.807) is 12.1 Å². The van der Waals surface area contributed by atoms with Crippen molar-refractivity contribution in [3.63, 3.8) is 0 Å². The second-order valence-corrected chi connectivity index (χ2v) is 7.44. The SMILES string of the molecule is CC1=CC(C)(C)N(C)c2cc(C)c(/C=C(/C#N)c3ccc(F)cc3)cc21. The van der Waals surface area contributed by atoms with Gasteiger partial charge in [0.25, 0.3) is 0 Å². The van der Waals surface area contributed by atoms with Crippen LogP contribution in [0.25, 0.3) is 17.2 Å². The molecule has 0 fully saturated rings. The second kappa shape index (κ2) is 6.46. The van der Waals surface area contributed by atoms with E-state index >= 15 is 0 Å². The molecule has 2 aromatic rings. The Labute approximate surface area is 154 Å². The van der Waals surface area contributed by atoms with Crippen LogP contribution in [0.1, 0.15) is 43.0 Å². The first-order chi connectivity index (χ1) is 12.2. The standard InChI is InChI=1S/C23H23FN2/c1-15-10-22-21(16(2)13-23(3,4)26(22)5)12-18(15)11-19(14-25)17-6-8-20(24)9-7-17/h6-13H,1-5H3/b19-11-. The van der Waals surface area contributed by atoms with Crippen LogP contribution in [-0.4, -0.2) is 12.6 Å². The zero-order chi connectivity index (χ0) is 19.1. The summed E-state index contributed by atoms with van der Waals surface area (Å²) >= 11 is 0. The monoisotopic (exact) mass is 346 g/mol. The van der Waals surface area contributed by atoms with Gasteiger partial charge in [-0.15, -0.1) is 0 Å². The topological polar surface area (TPSA) is 27.0 Å². The Bertz CT molecular complexity index is 957. The van der Waals surface area contributed by atoms with Gasteiger partial charge in [0.15, 0.2) is 0 Å². The molecule has 26 heavy (non-hydrogen) atoms. The van der Waals surface area contributed by atoms with Gasteiger partial charge in [-0.25, -0.2) is 4.39 Å². The van der Waals surface area contributed by atoms with Crippen molar-refractivity contribution >= 4 is 22.9 Å². The van der Waals surface area contributed by atoms with Crippen molar-refractivity contribution in [2.75, 3.05) is 11.9 Å². The maximum Gasteiger partial charge on any atom is 0.123 e. The molecule has 0 atom stereocenters. The maximum absolute atomic E-state index is 13.2. The van der Waals surface area contributed by atoms with Crippen LogP contribution >= 0.6 is 0 Å². The van der Waals surface area contributed by atoms with Crippen LogP contribution in [0.15, 0.2) is 42.5 Å². The highest BCUT2D eigenvalue weighted by molar-refractivity contribution is 5.92. The van der Waals surface area contributed by atoms with Crippen LogP contribution in [0.3, 0.4) is 0 Å². The van der Waals surface area contributed by atoms with Crippen molar-refractivity contribution in [2.24, 2.45) is 0 Å². The van der Waals surface area contributed by atoms with Gasteiger partial charge in [0, 0.05) is 18.3 Å². The van der Waals surface area contributed by atoms with E-state index in [-0.39, 0.29) is 11.4 Å². The number of aryl methyl sites for hydroxylation is 1. The Morgan fingerprint density at radius 2 is 1.81 bits per heavy atom. The van der Waals surface area contributed by atoms with Crippen LogP contribution in [0.4, 0.5) is 10.1 Å². The third-order valence-corrected chi connectivity index (χ3v) is 5.18. The minimum atomic E-state index is -0.303. The van der Waals surface area contributed by atoms with Crippen LogP contribution in [0.2, 0.25) is 0 Å². The molecule has 0 saturated carbocycles. The average Bonchev–Trinajstić information content (AvgIpc) is 2.59. The zero-order valence-electron chi connectivity index (χ0n) is 15.9. The van der Waals surface area contributed by atoms with Crippen molar-refractivity contribution in [1.82, 2.24) is 0 Å². The van der Waals surface area contributed by atoms with Gasteiger partial charge in [0.05, 0.1) is 17.2 Å². The lowest BCUT2D eigenvalue weighted by Crippen LogP contribution is -2.42. The van der Waals surface area contributed by atoms with Gasteiger partial charge >= 0.3 is 0 Å². The molecule has 1 heterocycles. The summed E-state index contributed by atoms with van der Waals surface area (Å²) in [6.07, 6.45) is 4.15. The summed E-state index contributed by atoms with van der Waals surface area (Å²) in [5.41, 5.74) is 6.94. The van der Waals surface area contributed by atoms with Crippen molar-refractivity contribution in [3.05, 3.63) is 70.5 Å². The van der Waals surface area contributed by atoms with Gasteiger partial charge in [0.1, 0.15) is 5.82 Å². The normalized spacial score (nSPS) is 16.0. The highest BCUT2D eigenvalue weighted by Crippen LogP contribution is 2.39. The van der Waals surface area contributed by atoms with Crippen molar-refractivity contribution in [2.45, 2.75) is 33.2 Å². The van der Waals surface area contributed by atoms with E-state index in [0.717, 1.165) is 16.7 Å². The third kappa shape index (κ3) is 3.15. The van der Waals surface area contributed by atoms with Crippen LogP contribution in [0, 0.1) is 24.1 Å². The quantitative estimate of drug-likeness (QED) is 0.505. The molecular weight excluding hydrogens is 323 g/mol. The molecule has 0 radical (unpaired) electrons. The van der Waals surface area contributed by atoms with E-state index in [1.165, 1.54) is 29.0 Å². The van der Waals surface area contributed by atoms with Gasteiger partial charge in [0.2, 0.25) is 0 Å². The van der Waals surface area contributed by atoms with Crippen molar-refractivity contribution in [1.29, 1.82) is 5.26 Å². The molecule has 2 nitrogen and oxygen atoms in total. The van der Waals surface area contributed by atoms with Gasteiger partial charge in [-0.3, -0.25) is 0 Å². The first kappa shape index (κ1) is 17.9. The fourth-order valence-electron chi connectivity index (χ4n) is 3.44. The van der Waals surface area contributed by atoms with Crippen LogP contribution in [0.5, 0.6) is 0 Å². The number of hydrogen-bond donors (Lipinski definition) is 0. The number of fused-ring (bicyclic) bond motifs is 1. The molecule has 0 bridgehead atoms. The number of nitriles is 1. The molecule has 0 aliphatic carbocycles. The summed E-state index contributed by atoms with van der Waals surface area (Å²) in [5, 5.41) is 9.57. The van der Waals surface area contributed by atoms with E-state index in [4.69, 9.17) is 0 Å². The van der Waals surface area contributed by atoms with E-state index in [9.17, 15) is 9.65 Å². The van der Waals surface area contributed by atoms with E-state index in [2.05, 4.69) is 63.9 Å². The fraction of sp³-hybridized carbons (Fsp3) is 0.261. The number of allylic oxidation sites excluding steroid dienone is 2. The highest BCUT2D eigenvalue weighted by Gasteiger charge is 2.28. The largest absolute Gasteiger partial charge is 0.365 e. The number of nitrogens with zero attached hydrogens (tertiary/aromatic N) is 2. The number of halogens is 1. The summed E-state index contributed by atoms with van der Waals surface area (Å²) in [6.45, 7) is 8.58. The molecule has 1 aliphatic heterocycles. The number of hydrogen-bond acceptors (Lipinski definition) is 2. The third-order valence-electron chi connectivity index (χ3n) is 5.18. The van der Waals surface area contributed by atoms with Crippen molar-refractivity contribution < 1.29 is 4.39 Å². The Hall–Kier alpha value is -2.86. The van der Waals surface area contributed by atoms with E-state index in [0.29, 0.717) is 5.57 Å². The lowest BCUT2D eigenvalue weighted by atomic mass is 9.87. The summed E-state index contributed by atoms with van der Waals surface area (Å²) in [6, 6.07) is 12.6. The summed E-state index contributed by atoms with van der Waals surface area (Å²) in [5.74, 6) is -0.303. The molecular formula is C23H23FN2. The van der Waals surface area contributed by atoms with E-state index < -0.39 is 0 Å². The van der Waals surface area contributed by atoms with E-state index in [1.807, 2.05) is 6.08 Å². The van der Waals surface area contributed by atoms with Gasteiger partial charge in [-0.05, 0) is 80.3 Å². The molecule has 0 N–H and O–H groups in total. The molecule has 3 rings (SSSR count). The molecule has 0 unspecified atom stereocenters. The molecule has 0 amide bonds. The Kier molecular flexibility index (Phi) is 4.46. The summed E-state index contributed by atoms with van der Waals surface area (Å²) in [4.78, 5) is 2.28. The first-order valence-electron chi connectivity index (χ1n) is 8.69. The minimum absolute atomic E-state index is 0.0349. The highest BCUT2D eigenvalue weighted by atomic mass is 19.1. The van der Waals surface area contributed by atoms with Gasteiger partial charge < -0.3 is 4.90 Å². The van der Waals surface area contributed by atoms with Gasteiger partial charge in [-0.2, -0.15) is 5.26 Å². The van der Waals surface area contributed by atoms with Crippen LogP contribution in [-0.2, 0) is 0 Å². The Balaban J connectivity index is 2.12. The molecule has 3 heteroatoms. The lowest BCUT2D eigenvalue weighted by molar-refractivity contribution is 0.597. The predicted molar refractivity (Wildman–Crippen MR) is 107 cm³/mol. The van der Waals surface area contributed by atoms with Gasteiger partial charge in [-0.1, -0.05) is 18.2 Å². The molecule has 0 spiro atoms. The predicted octanol–water partition coefficient (Wildman–Crippen LogP) is 5.83. The maximum atomic E-state index is 13.2. The minimum Gasteiger partial charge on any atom is -0.365 e. The molecule has 2 aromatic carbocycles. The molecule has 0 aromatic heterocycles. The molecule has 132 valence electrons. The lowest BCUT2D eigenvalue weighted by Gasteiger charge is -2.41. The molecule has 1 aliphatic rings. The zero-order valence-corrected chi connectivity index (χ0v) is 15.9. The summed E-state index contributed by atoms with van der Waals surface area (Å²) < 4.78 is 13.2. The Morgan fingerprint density at radius 3 is 2.42 bits per heavy atom. The second-order valence-electron chi connectivity index (χ2n) is 7.44. The smallest absolute Gasteiger partial charge is 0.123 e. The molecule has 0 saturated heterocycles. The fourth-order valence-corrected chi connectivity index (χ4v) is 3.44. The Morgan fingerprint density at radius 1 is 1.15 bits per heavy atom. The average molecular weight is 346 g/mol. The van der Waals surface area contributed by atoms with Crippen LogP contribution < -0.4 is 4.90 Å². The first-order valence-corrected chi connectivity index (χ1v) is 8.69. The number of benzene rings is 2. The van der Waals surface area contributed by atoms with Crippen molar-refractivity contribution in [3.8, 4) is 6.07 Å². The summed E-state index contributed by atoms with van der Waals surface area (Å²) in [7, 11) is 2.11. The number of anilines is 1. The number of rotatable bonds is 2. The number of likely N-dealkylation sites (N-methyl/N-ethyl adjacent to an activating group) is 1.